The van der Waals surface area contributed by atoms with Crippen LogP contribution in [0.25, 0.3) is 21.8 Å². The summed E-state index contributed by atoms with van der Waals surface area (Å²) in [5.41, 5.74) is 10.9. The Labute approximate surface area is 174 Å². The van der Waals surface area contributed by atoms with E-state index >= 15 is 0 Å². The topological polar surface area (TPSA) is 86.3 Å². The van der Waals surface area contributed by atoms with Crippen LogP contribution in [0, 0.1) is 0 Å². The summed E-state index contributed by atoms with van der Waals surface area (Å²) in [5.74, 6) is -0.562. The summed E-state index contributed by atoms with van der Waals surface area (Å²) >= 11 is 0. The number of nitrogens with one attached hydrogen (secondary N) is 1. The molecule has 1 heterocycles. The molecular formula is C24H23N3O3. The second kappa shape index (κ2) is 8.00. The molecule has 0 saturated carbocycles. The predicted molar refractivity (Wildman–Crippen MR) is 119 cm³/mol. The number of primary amides is 1. The molecule has 4 aromatic rings. The van der Waals surface area contributed by atoms with Gasteiger partial charge in [0.1, 0.15) is 0 Å². The SMILES string of the molecule is COCc1ccc2c3c(C(N)=O)cccc3n(Cc3cccc(NC(C)=O)c3)c2c1. The van der Waals surface area contributed by atoms with Gasteiger partial charge in [0.25, 0.3) is 0 Å². The van der Waals surface area contributed by atoms with Gasteiger partial charge in [-0.15, -0.1) is 0 Å². The van der Waals surface area contributed by atoms with E-state index in [9.17, 15) is 9.59 Å². The molecule has 0 bridgehead atoms. The number of nitrogens with zero attached hydrogens (tertiary/aromatic N) is 1. The number of fused-ring (bicyclic) bond motifs is 3. The number of carbonyl (C=O) groups excluding carboxylic acids is 2. The molecule has 0 aliphatic rings. The quantitative estimate of drug-likeness (QED) is 0.511. The van der Waals surface area contributed by atoms with Crippen molar-refractivity contribution in [2.24, 2.45) is 5.73 Å². The van der Waals surface area contributed by atoms with E-state index in [1.54, 1.807) is 13.2 Å². The second-order valence-electron chi connectivity index (χ2n) is 7.32. The number of methoxy groups -OCH3 is 1. The highest BCUT2D eigenvalue weighted by Crippen LogP contribution is 2.33. The first-order valence-electron chi connectivity index (χ1n) is 9.67. The molecule has 0 saturated heterocycles. The van der Waals surface area contributed by atoms with Crippen LogP contribution < -0.4 is 11.1 Å². The van der Waals surface area contributed by atoms with Crippen molar-refractivity contribution in [3.8, 4) is 0 Å². The number of aromatic nitrogens is 1. The van der Waals surface area contributed by atoms with Crippen molar-refractivity contribution in [3.63, 3.8) is 0 Å². The van der Waals surface area contributed by atoms with Gasteiger partial charge < -0.3 is 20.4 Å². The van der Waals surface area contributed by atoms with Crippen LogP contribution in [0.5, 0.6) is 0 Å². The summed E-state index contributed by atoms with van der Waals surface area (Å²) in [6, 6.07) is 19.5. The van der Waals surface area contributed by atoms with Crippen molar-refractivity contribution < 1.29 is 14.3 Å². The molecule has 1 aromatic heterocycles. The Hall–Kier alpha value is -3.64. The molecule has 30 heavy (non-hydrogen) atoms. The molecule has 3 aromatic carbocycles. The smallest absolute Gasteiger partial charge is 0.249 e. The van der Waals surface area contributed by atoms with Gasteiger partial charge in [-0.2, -0.15) is 0 Å². The minimum atomic E-state index is -0.451. The maximum atomic E-state index is 12.1. The van der Waals surface area contributed by atoms with Crippen molar-refractivity contribution >= 4 is 39.3 Å². The third-order valence-corrected chi connectivity index (χ3v) is 5.12. The average Bonchev–Trinajstić information content (AvgIpc) is 3.01. The van der Waals surface area contributed by atoms with E-state index in [4.69, 9.17) is 10.5 Å². The van der Waals surface area contributed by atoms with E-state index in [1.165, 1.54) is 6.92 Å². The molecule has 6 nitrogen and oxygen atoms in total. The predicted octanol–water partition coefficient (Wildman–Crippen LogP) is 4.05. The molecule has 2 amide bonds. The molecule has 0 unspecified atom stereocenters. The largest absolute Gasteiger partial charge is 0.380 e. The van der Waals surface area contributed by atoms with Gasteiger partial charge in [-0.3, -0.25) is 9.59 Å². The molecule has 0 aliphatic carbocycles. The summed E-state index contributed by atoms with van der Waals surface area (Å²) in [5, 5.41) is 4.64. The van der Waals surface area contributed by atoms with E-state index in [0.29, 0.717) is 18.7 Å². The minimum absolute atomic E-state index is 0.112. The van der Waals surface area contributed by atoms with Gasteiger partial charge in [-0.1, -0.05) is 30.3 Å². The molecule has 0 spiro atoms. The van der Waals surface area contributed by atoms with Crippen LogP contribution in [0.1, 0.15) is 28.4 Å². The number of hydrogen-bond acceptors (Lipinski definition) is 3. The summed E-state index contributed by atoms with van der Waals surface area (Å²) in [4.78, 5) is 23.5. The van der Waals surface area contributed by atoms with Crippen molar-refractivity contribution in [2.45, 2.75) is 20.1 Å². The van der Waals surface area contributed by atoms with Gasteiger partial charge in [0.2, 0.25) is 11.8 Å². The lowest BCUT2D eigenvalue weighted by Crippen LogP contribution is -2.11. The highest BCUT2D eigenvalue weighted by molar-refractivity contribution is 6.18. The van der Waals surface area contributed by atoms with Crippen LogP contribution >= 0.6 is 0 Å². The fraction of sp³-hybridized carbons (Fsp3) is 0.167. The fourth-order valence-electron chi connectivity index (χ4n) is 3.96. The molecule has 152 valence electrons. The number of amides is 2. The second-order valence-corrected chi connectivity index (χ2v) is 7.32. The van der Waals surface area contributed by atoms with Crippen molar-refractivity contribution in [1.29, 1.82) is 0 Å². The Bertz CT molecular complexity index is 1270. The van der Waals surface area contributed by atoms with E-state index in [2.05, 4.69) is 16.0 Å². The van der Waals surface area contributed by atoms with Gasteiger partial charge in [0.05, 0.1) is 12.1 Å². The highest BCUT2D eigenvalue weighted by atomic mass is 16.5. The number of nitrogens with two attached hydrogens (primary N) is 1. The zero-order chi connectivity index (χ0) is 21.3. The first kappa shape index (κ1) is 19.7. The lowest BCUT2D eigenvalue weighted by Gasteiger charge is -2.11. The molecule has 0 fully saturated rings. The molecule has 0 aliphatic heterocycles. The van der Waals surface area contributed by atoms with E-state index in [-0.39, 0.29) is 5.91 Å². The van der Waals surface area contributed by atoms with Crippen molar-refractivity contribution in [1.82, 2.24) is 4.57 Å². The zero-order valence-electron chi connectivity index (χ0n) is 16.9. The van der Waals surface area contributed by atoms with Gasteiger partial charge in [0.15, 0.2) is 0 Å². The fourth-order valence-corrected chi connectivity index (χ4v) is 3.96. The Kier molecular flexibility index (Phi) is 5.25. The zero-order valence-corrected chi connectivity index (χ0v) is 16.9. The van der Waals surface area contributed by atoms with Crippen molar-refractivity contribution in [3.05, 3.63) is 77.4 Å². The third-order valence-electron chi connectivity index (χ3n) is 5.12. The number of benzene rings is 3. The Morgan fingerprint density at radius 2 is 1.80 bits per heavy atom. The van der Waals surface area contributed by atoms with Crippen LogP contribution in [0.2, 0.25) is 0 Å². The van der Waals surface area contributed by atoms with Gasteiger partial charge in [-0.25, -0.2) is 0 Å². The standard InChI is InChI=1S/C24H23N3O3/c1-15(28)26-18-6-3-5-16(11-18)13-27-21-8-4-7-20(24(25)29)23(21)19-10-9-17(14-30-2)12-22(19)27/h3-12H,13-14H2,1-2H3,(H2,25,29)(H,26,28). The van der Waals surface area contributed by atoms with Crippen LogP contribution in [-0.4, -0.2) is 23.5 Å². The summed E-state index contributed by atoms with van der Waals surface area (Å²) in [6.07, 6.45) is 0. The number of hydrogen-bond donors (Lipinski definition) is 2. The first-order valence-corrected chi connectivity index (χ1v) is 9.67. The molecular weight excluding hydrogens is 378 g/mol. The molecule has 3 N–H and O–H groups in total. The number of ether oxygens (including phenoxy) is 1. The van der Waals surface area contributed by atoms with Gasteiger partial charge >= 0.3 is 0 Å². The number of carbonyl (C=O) groups is 2. The monoisotopic (exact) mass is 401 g/mol. The highest BCUT2D eigenvalue weighted by Gasteiger charge is 2.17. The molecule has 0 radical (unpaired) electrons. The maximum Gasteiger partial charge on any atom is 0.249 e. The average molecular weight is 401 g/mol. The summed E-state index contributed by atoms with van der Waals surface area (Å²) in [7, 11) is 1.67. The van der Waals surface area contributed by atoms with Crippen LogP contribution in [0.15, 0.2) is 60.7 Å². The number of rotatable bonds is 6. The molecule has 6 heteroatoms. The van der Waals surface area contributed by atoms with Gasteiger partial charge in [-0.05, 0) is 41.5 Å². The van der Waals surface area contributed by atoms with Gasteiger partial charge in [0, 0.05) is 48.1 Å². The van der Waals surface area contributed by atoms with E-state index < -0.39 is 5.91 Å². The summed E-state index contributed by atoms with van der Waals surface area (Å²) in [6.45, 7) is 2.56. The number of anilines is 1. The molecule has 4 rings (SSSR count). The normalized spacial score (nSPS) is 11.1. The Balaban J connectivity index is 1.93. The van der Waals surface area contributed by atoms with Crippen molar-refractivity contribution in [2.75, 3.05) is 12.4 Å². The maximum absolute atomic E-state index is 12.1. The first-order chi connectivity index (χ1) is 14.5. The lowest BCUT2D eigenvalue weighted by molar-refractivity contribution is -0.114. The Morgan fingerprint density at radius 3 is 2.53 bits per heavy atom. The van der Waals surface area contributed by atoms with Crippen LogP contribution in [0.4, 0.5) is 5.69 Å². The summed E-state index contributed by atoms with van der Waals surface area (Å²) < 4.78 is 7.47. The molecule has 0 atom stereocenters. The third kappa shape index (κ3) is 3.65. The van der Waals surface area contributed by atoms with E-state index in [1.807, 2.05) is 48.5 Å². The van der Waals surface area contributed by atoms with E-state index in [0.717, 1.165) is 38.6 Å². The minimum Gasteiger partial charge on any atom is -0.380 e. The van der Waals surface area contributed by atoms with Crippen LogP contribution in [-0.2, 0) is 22.7 Å². The van der Waals surface area contributed by atoms with Crippen LogP contribution in [0.3, 0.4) is 0 Å². The Morgan fingerprint density at radius 1 is 1.00 bits per heavy atom. The lowest BCUT2D eigenvalue weighted by atomic mass is 10.0.